The van der Waals surface area contributed by atoms with Crippen LogP contribution in [0.3, 0.4) is 0 Å². The van der Waals surface area contributed by atoms with Gasteiger partial charge in [0.1, 0.15) is 11.5 Å². The summed E-state index contributed by atoms with van der Waals surface area (Å²) in [6.45, 7) is 2.02. The van der Waals surface area contributed by atoms with Crippen LogP contribution < -0.4 is 0 Å². The molecule has 1 fully saturated rings. The van der Waals surface area contributed by atoms with Gasteiger partial charge in [-0.15, -0.1) is 0 Å². The van der Waals surface area contributed by atoms with E-state index < -0.39 is 0 Å². The Morgan fingerprint density at radius 1 is 1.09 bits per heavy atom. The lowest BCUT2D eigenvalue weighted by Gasteiger charge is -2.40. The Balaban J connectivity index is 1.86. The van der Waals surface area contributed by atoms with Crippen LogP contribution in [0.2, 0.25) is 0 Å². The monoisotopic (exact) mass is 296 g/mol. The molecule has 114 valence electrons. The number of carbonyl (C=O) groups excluding carboxylic acids is 1. The van der Waals surface area contributed by atoms with Crippen molar-refractivity contribution in [3.8, 4) is 5.75 Å². The first-order valence-corrected chi connectivity index (χ1v) is 8.09. The van der Waals surface area contributed by atoms with Crippen LogP contribution in [0.25, 0.3) is 5.57 Å². The van der Waals surface area contributed by atoms with Gasteiger partial charge in [0.25, 0.3) is 0 Å². The first-order valence-electron chi connectivity index (χ1n) is 8.09. The minimum Gasteiger partial charge on any atom is -0.511 e. The molecule has 1 saturated carbocycles. The van der Waals surface area contributed by atoms with Gasteiger partial charge in [0.2, 0.25) is 0 Å². The zero-order valence-electron chi connectivity index (χ0n) is 12.6. The quantitative estimate of drug-likeness (QED) is 0.819. The number of aliphatic hydroxyl groups excluding tert-OH is 1. The molecule has 22 heavy (non-hydrogen) atoms. The van der Waals surface area contributed by atoms with Crippen molar-refractivity contribution in [2.45, 2.75) is 26.2 Å². The second-order valence-corrected chi connectivity index (χ2v) is 6.66. The van der Waals surface area contributed by atoms with Crippen LogP contribution in [0, 0.1) is 23.7 Å². The summed E-state index contributed by atoms with van der Waals surface area (Å²) in [4.78, 5) is 13.0. The molecule has 3 nitrogen and oxygen atoms in total. The molecule has 4 unspecified atom stereocenters. The van der Waals surface area contributed by atoms with E-state index in [1.54, 1.807) is 12.1 Å². The van der Waals surface area contributed by atoms with Crippen molar-refractivity contribution in [2.75, 3.05) is 0 Å². The summed E-state index contributed by atoms with van der Waals surface area (Å²) in [6, 6.07) is 5.10. The lowest BCUT2D eigenvalue weighted by Crippen LogP contribution is -2.38. The zero-order chi connectivity index (χ0) is 15.4. The fraction of sp³-hybridized carbons (Fsp3) is 0.421. The zero-order valence-corrected chi connectivity index (χ0v) is 12.6. The number of ketones is 1. The summed E-state index contributed by atoms with van der Waals surface area (Å²) in [5.41, 5.74) is 2.15. The molecule has 4 aliphatic carbocycles. The molecule has 2 bridgehead atoms. The SMILES string of the molecule is CCc1ccc(O)cc1C1=C(O)C2C3C=CC(CC3)C2C1=O. The maximum Gasteiger partial charge on any atom is 0.171 e. The Labute approximate surface area is 130 Å². The first kappa shape index (κ1) is 13.6. The molecule has 5 rings (SSSR count). The van der Waals surface area contributed by atoms with Crippen molar-refractivity contribution < 1.29 is 15.0 Å². The van der Waals surface area contributed by atoms with Crippen LogP contribution >= 0.6 is 0 Å². The third-order valence-electron chi connectivity index (χ3n) is 5.61. The lowest BCUT2D eigenvalue weighted by molar-refractivity contribution is -0.120. The molecule has 1 aromatic rings. The fourth-order valence-corrected chi connectivity index (χ4v) is 4.56. The highest BCUT2D eigenvalue weighted by molar-refractivity contribution is 6.25. The summed E-state index contributed by atoms with van der Waals surface area (Å²) in [5.74, 6) is 0.806. The topological polar surface area (TPSA) is 57.5 Å². The molecular weight excluding hydrogens is 276 g/mol. The van der Waals surface area contributed by atoms with E-state index in [2.05, 4.69) is 12.2 Å². The van der Waals surface area contributed by atoms with Crippen molar-refractivity contribution in [3.63, 3.8) is 0 Å². The summed E-state index contributed by atoms with van der Waals surface area (Å²) >= 11 is 0. The van der Waals surface area contributed by atoms with Gasteiger partial charge < -0.3 is 10.2 Å². The number of phenolic OH excluding ortho intramolecular Hbond substituents is 1. The van der Waals surface area contributed by atoms with E-state index in [1.807, 2.05) is 13.0 Å². The van der Waals surface area contributed by atoms with Crippen molar-refractivity contribution in [1.29, 1.82) is 0 Å². The second kappa shape index (κ2) is 4.73. The molecular formula is C19H20O3. The molecule has 0 amide bonds. The number of Topliss-reactive ketones (excluding diaryl/α,β-unsaturated/α-hetero) is 1. The predicted molar refractivity (Wildman–Crippen MR) is 84.4 cm³/mol. The Kier molecular flexibility index (Phi) is 2.93. The van der Waals surface area contributed by atoms with Crippen LogP contribution in [0.5, 0.6) is 5.75 Å². The van der Waals surface area contributed by atoms with Gasteiger partial charge in [-0.1, -0.05) is 25.1 Å². The summed E-state index contributed by atoms with van der Waals surface area (Å²) in [6.07, 6.45) is 7.18. The largest absolute Gasteiger partial charge is 0.511 e. The summed E-state index contributed by atoms with van der Waals surface area (Å²) in [7, 11) is 0. The molecule has 0 heterocycles. The van der Waals surface area contributed by atoms with Crippen molar-refractivity contribution in [3.05, 3.63) is 47.2 Å². The molecule has 0 saturated heterocycles. The number of aliphatic hydroxyl groups is 1. The molecule has 4 atom stereocenters. The second-order valence-electron chi connectivity index (χ2n) is 6.66. The van der Waals surface area contributed by atoms with E-state index in [1.165, 1.54) is 0 Å². The average molecular weight is 296 g/mol. The van der Waals surface area contributed by atoms with Crippen molar-refractivity contribution in [2.24, 2.45) is 23.7 Å². The molecule has 2 N–H and O–H groups in total. The van der Waals surface area contributed by atoms with Crippen LogP contribution in [0.15, 0.2) is 36.1 Å². The van der Waals surface area contributed by atoms with Gasteiger partial charge in [-0.3, -0.25) is 4.79 Å². The molecule has 3 heteroatoms. The van der Waals surface area contributed by atoms with Gasteiger partial charge in [-0.25, -0.2) is 0 Å². The summed E-state index contributed by atoms with van der Waals surface area (Å²) < 4.78 is 0. The average Bonchev–Trinajstić information content (AvgIpc) is 2.82. The lowest BCUT2D eigenvalue weighted by atomic mass is 9.63. The predicted octanol–water partition coefficient (Wildman–Crippen LogP) is 3.63. The highest BCUT2D eigenvalue weighted by Gasteiger charge is 2.52. The van der Waals surface area contributed by atoms with Gasteiger partial charge in [-0.2, -0.15) is 0 Å². The normalized spacial score (nSPS) is 32.7. The van der Waals surface area contributed by atoms with Crippen molar-refractivity contribution in [1.82, 2.24) is 0 Å². The Morgan fingerprint density at radius 2 is 1.77 bits per heavy atom. The molecule has 0 spiro atoms. The van der Waals surface area contributed by atoms with Gasteiger partial charge in [0, 0.05) is 11.8 Å². The number of hydrogen-bond donors (Lipinski definition) is 2. The number of aryl methyl sites for hydroxylation is 1. The van der Waals surface area contributed by atoms with Gasteiger partial charge in [0.05, 0.1) is 5.57 Å². The van der Waals surface area contributed by atoms with E-state index in [0.29, 0.717) is 11.1 Å². The number of rotatable bonds is 2. The van der Waals surface area contributed by atoms with E-state index in [9.17, 15) is 15.0 Å². The minimum absolute atomic E-state index is 0.0571. The maximum absolute atomic E-state index is 13.0. The number of allylic oxidation sites excluding steroid dienone is 4. The van der Waals surface area contributed by atoms with Crippen LogP contribution in [-0.4, -0.2) is 16.0 Å². The number of carbonyl (C=O) groups is 1. The number of fused-ring (bicyclic) bond motifs is 1. The van der Waals surface area contributed by atoms with E-state index >= 15 is 0 Å². The summed E-state index contributed by atoms with van der Waals surface area (Å²) in [5, 5.41) is 20.6. The van der Waals surface area contributed by atoms with Crippen LogP contribution in [0.4, 0.5) is 0 Å². The Bertz CT molecular complexity index is 713. The molecule has 0 radical (unpaired) electrons. The number of phenols is 1. The number of hydrogen-bond acceptors (Lipinski definition) is 3. The highest BCUT2D eigenvalue weighted by Crippen LogP contribution is 2.54. The van der Waals surface area contributed by atoms with Crippen LogP contribution in [-0.2, 0) is 11.2 Å². The minimum atomic E-state index is -0.106. The van der Waals surface area contributed by atoms with E-state index in [0.717, 1.165) is 24.8 Å². The maximum atomic E-state index is 13.0. The third kappa shape index (κ3) is 1.71. The smallest absolute Gasteiger partial charge is 0.171 e. The Morgan fingerprint density at radius 3 is 2.36 bits per heavy atom. The highest BCUT2D eigenvalue weighted by atomic mass is 16.3. The van der Waals surface area contributed by atoms with E-state index in [-0.39, 0.29) is 41.0 Å². The molecule has 0 aromatic heterocycles. The molecule has 1 aromatic carbocycles. The van der Waals surface area contributed by atoms with E-state index in [4.69, 9.17) is 0 Å². The number of aromatic hydroxyl groups is 1. The molecule has 4 aliphatic rings. The first-order chi connectivity index (χ1) is 10.6. The number of benzene rings is 1. The Hall–Kier alpha value is -2.03. The van der Waals surface area contributed by atoms with Gasteiger partial charge in [0.15, 0.2) is 5.78 Å². The van der Waals surface area contributed by atoms with Crippen molar-refractivity contribution >= 4 is 11.4 Å². The van der Waals surface area contributed by atoms with Crippen LogP contribution in [0.1, 0.15) is 30.9 Å². The van der Waals surface area contributed by atoms with Gasteiger partial charge in [-0.05, 0) is 54.4 Å². The van der Waals surface area contributed by atoms with Gasteiger partial charge >= 0.3 is 0 Å². The molecule has 0 aliphatic heterocycles. The fourth-order valence-electron chi connectivity index (χ4n) is 4.56. The standard InChI is InChI=1S/C19H20O3/c1-2-10-7-8-13(20)9-14(10)17-18(21)15-11-3-4-12(6-5-11)16(15)19(17)22/h3-4,7-9,11-12,15-16,20-21H,2,5-6H2,1H3. The third-order valence-corrected chi connectivity index (χ3v) is 5.61.